The van der Waals surface area contributed by atoms with Gasteiger partial charge in [0.2, 0.25) is 0 Å². The summed E-state index contributed by atoms with van der Waals surface area (Å²) in [5.74, 6) is 2.42. The molecular weight excluding hydrogens is 348 g/mol. The zero-order valence-corrected chi connectivity index (χ0v) is 16.4. The number of fused-ring (bicyclic) bond motifs is 1. The van der Waals surface area contributed by atoms with Gasteiger partial charge in [-0.25, -0.2) is 4.98 Å². The van der Waals surface area contributed by atoms with E-state index in [-0.39, 0.29) is 0 Å². The van der Waals surface area contributed by atoms with Gasteiger partial charge in [-0.2, -0.15) is 0 Å². The molecule has 5 rings (SSSR count). The molecule has 0 radical (unpaired) electrons. The lowest BCUT2D eigenvalue weighted by molar-refractivity contribution is 0.0754. The number of ether oxygens (including phenoxy) is 1. The van der Waals surface area contributed by atoms with Crippen molar-refractivity contribution in [1.82, 2.24) is 9.38 Å². The van der Waals surface area contributed by atoms with Gasteiger partial charge in [0.1, 0.15) is 5.75 Å². The van der Waals surface area contributed by atoms with Gasteiger partial charge in [-0.05, 0) is 85.6 Å². The Balaban J connectivity index is 1.36. The fourth-order valence-corrected chi connectivity index (χ4v) is 4.97. The van der Waals surface area contributed by atoms with Crippen LogP contribution in [0.2, 0.25) is 0 Å². The summed E-state index contributed by atoms with van der Waals surface area (Å²) >= 11 is 0. The fraction of sp³-hybridized carbons (Fsp3) is 0.458. The molecule has 0 spiro atoms. The van der Waals surface area contributed by atoms with E-state index in [1.54, 1.807) is 7.11 Å². The second-order valence-electron chi connectivity index (χ2n) is 8.47. The first-order valence-corrected chi connectivity index (χ1v) is 10.5. The molecule has 2 saturated carbocycles. The summed E-state index contributed by atoms with van der Waals surface area (Å²) in [5.41, 5.74) is 4.85. The van der Waals surface area contributed by atoms with Crippen LogP contribution in [0.4, 0.5) is 0 Å². The molecule has 1 aromatic carbocycles. The minimum atomic E-state index is -0.417. The van der Waals surface area contributed by atoms with Gasteiger partial charge in [0, 0.05) is 0 Å². The molecule has 2 fully saturated rings. The minimum Gasteiger partial charge on any atom is -0.497 e. The number of methoxy groups -OCH3 is 1. The molecule has 1 N–H and O–H groups in total. The van der Waals surface area contributed by atoms with Gasteiger partial charge in [0.25, 0.3) is 0 Å². The molecule has 3 aromatic rings. The molecule has 2 heterocycles. The second-order valence-corrected chi connectivity index (χ2v) is 8.47. The topological polar surface area (TPSA) is 46.8 Å². The average molecular weight is 377 g/mol. The molecule has 0 unspecified atom stereocenters. The van der Waals surface area contributed by atoms with Crippen molar-refractivity contribution in [1.29, 1.82) is 0 Å². The van der Waals surface area contributed by atoms with Crippen molar-refractivity contribution in [2.24, 2.45) is 5.92 Å². The van der Waals surface area contributed by atoms with E-state index >= 15 is 0 Å². The summed E-state index contributed by atoms with van der Waals surface area (Å²) in [6.07, 6.45) is 10.1. The predicted octanol–water partition coefficient (Wildman–Crippen LogP) is 5.23. The standard InChI is InChI=1S/C24H28N2O2/c1-28-21-4-2-3-19(13-21)16-5-9-18(10-6-16)24(27)23-22(17-7-8-17)12-11-20-14-25-15-26(20)23/h2-4,11-18,24,27H,5-10H2,1H3/t16-,18-,24-/m0/s1. The maximum Gasteiger partial charge on any atom is 0.119 e. The van der Waals surface area contributed by atoms with E-state index in [0.717, 1.165) is 42.6 Å². The molecule has 4 nitrogen and oxygen atoms in total. The Morgan fingerprint density at radius 3 is 2.57 bits per heavy atom. The molecule has 0 aliphatic heterocycles. The number of hydrogen-bond donors (Lipinski definition) is 1. The van der Waals surface area contributed by atoms with Gasteiger partial charge < -0.3 is 14.2 Å². The molecule has 1 atom stereocenters. The highest BCUT2D eigenvalue weighted by Crippen LogP contribution is 2.47. The first-order valence-electron chi connectivity index (χ1n) is 10.5. The van der Waals surface area contributed by atoms with Crippen molar-refractivity contribution in [3.8, 4) is 5.75 Å². The van der Waals surface area contributed by atoms with Gasteiger partial charge in [-0.1, -0.05) is 18.2 Å². The number of imidazole rings is 1. The molecule has 2 aromatic heterocycles. The molecule has 4 heteroatoms. The van der Waals surface area contributed by atoms with Gasteiger partial charge in [0.15, 0.2) is 0 Å². The van der Waals surface area contributed by atoms with Crippen molar-refractivity contribution in [2.75, 3.05) is 7.11 Å². The Labute approximate surface area is 166 Å². The van der Waals surface area contributed by atoms with Gasteiger partial charge >= 0.3 is 0 Å². The van der Waals surface area contributed by atoms with Crippen LogP contribution in [0.1, 0.15) is 73.3 Å². The Kier molecular flexibility index (Phi) is 4.59. The Bertz CT molecular complexity index is 968. The van der Waals surface area contributed by atoms with Crippen LogP contribution in [0, 0.1) is 5.92 Å². The highest BCUT2D eigenvalue weighted by atomic mass is 16.5. The normalized spacial score (nSPS) is 23.6. The maximum absolute atomic E-state index is 11.4. The van der Waals surface area contributed by atoms with Gasteiger partial charge in [0.05, 0.1) is 36.9 Å². The lowest BCUT2D eigenvalue weighted by atomic mass is 9.75. The zero-order chi connectivity index (χ0) is 19.1. The highest BCUT2D eigenvalue weighted by molar-refractivity contribution is 5.50. The number of pyridine rings is 1. The molecule has 28 heavy (non-hydrogen) atoms. The lowest BCUT2D eigenvalue weighted by Gasteiger charge is -2.33. The molecule has 0 bridgehead atoms. The van der Waals surface area contributed by atoms with Crippen molar-refractivity contribution >= 4 is 5.52 Å². The monoisotopic (exact) mass is 376 g/mol. The summed E-state index contributed by atoms with van der Waals surface area (Å²) in [4.78, 5) is 4.32. The Hall–Kier alpha value is -2.33. The molecular formula is C24H28N2O2. The number of rotatable bonds is 5. The summed E-state index contributed by atoms with van der Waals surface area (Å²) < 4.78 is 7.51. The van der Waals surface area contributed by atoms with Crippen LogP contribution >= 0.6 is 0 Å². The summed E-state index contributed by atoms with van der Waals surface area (Å²) in [5, 5.41) is 11.4. The maximum atomic E-state index is 11.4. The second kappa shape index (κ2) is 7.25. The van der Waals surface area contributed by atoms with E-state index in [0.29, 0.717) is 17.8 Å². The third kappa shape index (κ3) is 3.20. The van der Waals surface area contributed by atoms with Gasteiger partial charge in [-0.3, -0.25) is 0 Å². The number of aliphatic hydroxyl groups excluding tert-OH is 1. The minimum absolute atomic E-state index is 0.312. The van der Waals surface area contributed by atoms with E-state index in [1.807, 2.05) is 18.6 Å². The number of nitrogens with zero attached hydrogens (tertiary/aromatic N) is 2. The molecule has 0 saturated heterocycles. The van der Waals surface area contributed by atoms with Crippen LogP contribution in [0.25, 0.3) is 5.52 Å². The summed E-state index contributed by atoms with van der Waals surface area (Å²) in [6.45, 7) is 0. The van der Waals surface area contributed by atoms with Crippen LogP contribution in [-0.4, -0.2) is 21.6 Å². The molecule has 2 aliphatic carbocycles. The lowest BCUT2D eigenvalue weighted by Crippen LogP contribution is -2.22. The summed E-state index contributed by atoms with van der Waals surface area (Å²) in [7, 11) is 1.72. The highest BCUT2D eigenvalue weighted by Gasteiger charge is 2.34. The van der Waals surface area contributed by atoms with Crippen LogP contribution in [0.5, 0.6) is 5.75 Å². The van der Waals surface area contributed by atoms with E-state index < -0.39 is 6.10 Å². The third-order valence-corrected chi connectivity index (χ3v) is 6.74. The van der Waals surface area contributed by atoms with Crippen molar-refractivity contribution in [3.63, 3.8) is 0 Å². The van der Waals surface area contributed by atoms with Crippen molar-refractivity contribution in [2.45, 2.75) is 56.5 Å². The summed E-state index contributed by atoms with van der Waals surface area (Å²) in [6, 6.07) is 12.8. The van der Waals surface area contributed by atoms with E-state index in [9.17, 15) is 5.11 Å². The number of hydrogen-bond acceptors (Lipinski definition) is 3. The van der Waals surface area contributed by atoms with Crippen LogP contribution in [0.3, 0.4) is 0 Å². The smallest absolute Gasteiger partial charge is 0.119 e. The fourth-order valence-electron chi connectivity index (χ4n) is 4.97. The Morgan fingerprint density at radius 1 is 1.04 bits per heavy atom. The van der Waals surface area contributed by atoms with Crippen LogP contribution < -0.4 is 4.74 Å². The zero-order valence-electron chi connectivity index (χ0n) is 16.4. The first-order chi connectivity index (χ1) is 13.7. The molecule has 2 aliphatic rings. The largest absolute Gasteiger partial charge is 0.497 e. The Morgan fingerprint density at radius 2 is 1.82 bits per heavy atom. The third-order valence-electron chi connectivity index (χ3n) is 6.74. The number of aromatic nitrogens is 2. The van der Waals surface area contributed by atoms with Crippen molar-refractivity contribution < 1.29 is 9.84 Å². The SMILES string of the molecule is COc1cccc([C@H]2CC[C@H]([C@H](O)c3c(C4CC4)ccc4cncn34)CC2)c1. The van der Waals surface area contributed by atoms with Gasteiger partial charge in [-0.15, -0.1) is 0 Å². The number of aliphatic hydroxyl groups is 1. The first kappa shape index (κ1) is 17.7. The average Bonchev–Trinajstić information content (AvgIpc) is 3.49. The van der Waals surface area contributed by atoms with E-state index in [4.69, 9.17) is 4.74 Å². The predicted molar refractivity (Wildman–Crippen MR) is 110 cm³/mol. The van der Waals surface area contributed by atoms with Crippen molar-refractivity contribution in [3.05, 3.63) is 65.7 Å². The van der Waals surface area contributed by atoms with Crippen LogP contribution in [-0.2, 0) is 0 Å². The number of benzene rings is 1. The van der Waals surface area contributed by atoms with Crippen LogP contribution in [0.15, 0.2) is 48.9 Å². The van der Waals surface area contributed by atoms with E-state index in [1.165, 1.54) is 24.0 Å². The molecule has 0 amide bonds. The quantitative estimate of drug-likeness (QED) is 0.663. The molecule has 146 valence electrons. The van der Waals surface area contributed by atoms with E-state index in [2.05, 4.69) is 39.7 Å².